The molecule has 3 rings (SSSR count). The number of hydrogen-bond acceptors (Lipinski definition) is 4. The number of hydrogen-bond donors (Lipinski definition) is 2. The van der Waals surface area contributed by atoms with Gasteiger partial charge in [0, 0.05) is 6.54 Å². The highest BCUT2D eigenvalue weighted by molar-refractivity contribution is 5.04. The normalized spacial score (nSPS) is 30.1. The number of rotatable bonds is 1. The molecule has 0 aromatic carbocycles. The summed E-state index contributed by atoms with van der Waals surface area (Å²) in [6.07, 6.45) is 5.85. The Hall–Kier alpha value is -0.940. The second-order valence-corrected chi connectivity index (χ2v) is 4.80. The molecule has 0 radical (unpaired) electrons. The molecular formula is C11H19N5. The first kappa shape index (κ1) is 10.2. The highest BCUT2D eigenvalue weighted by atomic mass is 15.4. The Morgan fingerprint density at radius 3 is 2.94 bits per heavy atom. The zero-order valence-electron chi connectivity index (χ0n) is 9.52. The van der Waals surface area contributed by atoms with Crippen molar-refractivity contribution in [2.45, 2.75) is 50.7 Å². The van der Waals surface area contributed by atoms with Gasteiger partial charge in [0.25, 0.3) is 0 Å². The van der Waals surface area contributed by atoms with Gasteiger partial charge in [-0.15, -0.1) is 0 Å². The molecule has 0 aliphatic carbocycles. The fraction of sp³-hybridized carbons (Fsp3) is 0.818. The first-order valence-corrected chi connectivity index (χ1v) is 6.28. The lowest BCUT2D eigenvalue weighted by Gasteiger charge is -2.20. The molecule has 0 bridgehead atoms. The van der Waals surface area contributed by atoms with E-state index in [0.29, 0.717) is 6.04 Å². The van der Waals surface area contributed by atoms with E-state index in [1.807, 2.05) is 4.68 Å². The minimum Gasteiger partial charge on any atom is -0.321 e. The van der Waals surface area contributed by atoms with E-state index in [4.69, 9.17) is 5.73 Å². The number of aromatic nitrogens is 3. The van der Waals surface area contributed by atoms with Gasteiger partial charge in [0.1, 0.15) is 5.82 Å². The molecule has 3 N–H and O–H groups in total. The van der Waals surface area contributed by atoms with Gasteiger partial charge in [-0.05, 0) is 32.2 Å². The number of piperidine rings is 1. The summed E-state index contributed by atoms with van der Waals surface area (Å²) in [6.45, 7) is 2.06. The molecule has 1 aromatic rings. The molecule has 0 spiro atoms. The topological polar surface area (TPSA) is 68.8 Å². The quantitative estimate of drug-likeness (QED) is 0.739. The van der Waals surface area contributed by atoms with E-state index in [1.54, 1.807) is 0 Å². The largest absolute Gasteiger partial charge is 0.321 e. The second kappa shape index (κ2) is 4.14. The molecule has 1 aromatic heterocycles. The Morgan fingerprint density at radius 1 is 1.25 bits per heavy atom. The van der Waals surface area contributed by atoms with Crippen molar-refractivity contribution in [3.05, 3.63) is 11.6 Å². The summed E-state index contributed by atoms with van der Waals surface area (Å²) < 4.78 is 2.00. The predicted molar refractivity (Wildman–Crippen MR) is 60.8 cm³/mol. The molecule has 2 unspecified atom stereocenters. The number of fused-ring (bicyclic) bond motifs is 1. The molecule has 2 atom stereocenters. The molecule has 0 amide bonds. The average molecular weight is 221 g/mol. The monoisotopic (exact) mass is 221 g/mol. The van der Waals surface area contributed by atoms with Crippen molar-refractivity contribution in [3.8, 4) is 0 Å². The molecule has 0 saturated carbocycles. The fourth-order valence-electron chi connectivity index (χ4n) is 2.62. The van der Waals surface area contributed by atoms with Crippen molar-refractivity contribution in [2.75, 3.05) is 6.54 Å². The van der Waals surface area contributed by atoms with Crippen LogP contribution in [0.3, 0.4) is 0 Å². The molecule has 16 heavy (non-hydrogen) atoms. The van der Waals surface area contributed by atoms with Crippen molar-refractivity contribution < 1.29 is 0 Å². The van der Waals surface area contributed by atoms with Gasteiger partial charge in [-0.1, -0.05) is 6.42 Å². The maximum absolute atomic E-state index is 6.05. The summed E-state index contributed by atoms with van der Waals surface area (Å²) in [7, 11) is 0. The minimum absolute atomic E-state index is 0.0820. The third-order valence-electron chi connectivity index (χ3n) is 3.56. The summed E-state index contributed by atoms with van der Waals surface area (Å²) in [5.74, 6) is 1.93. The Bertz CT molecular complexity index is 366. The zero-order valence-corrected chi connectivity index (χ0v) is 9.52. The molecule has 3 heterocycles. The van der Waals surface area contributed by atoms with Crippen LogP contribution in [0.15, 0.2) is 0 Å². The number of nitrogens with two attached hydrogens (primary N) is 1. The number of aryl methyl sites for hydroxylation is 1. The smallest absolute Gasteiger partial charge is 0.167 e. The van der Waals surface area contributed by atoms with Crippen molar-refractivity contribution in [1.82, 2.24) is 20.1 Å². The molecule has 2 aliphatic rings. The summed E-state index contributed by atoms with van der Waals surface area (Å²) >= 11 is 0. The Kier molecular flexibility index (Phi) is 2.65. The van der Waals surface area contributed by atoms with Crippen LogP contribution in [-0.4, -0.2) is 21.3 Å². The van der Waals surface area contributed by atoms with Gasteiger partial charge in [-0.25, -0.2) is 9.67 Å². The van der Waals surface area contributed by atoms with E-state index in [0.717, 1.165) is 44.0 Å². The first-order chi connectivity index (χ1) is 7.84. The minimum atomic E-state index is 0.0820. The Balaban J connectivity index is 1.85. The zero-order chi connectivity index (χ0) is 11.0. The highest BCUT2D eigenvalue weighted by Gasteiger charge is 2.25. The summed E-state index contributed by atoms with van der Waals surface area (Å²) in [5.41, 5.74) is 6.05. The highest BCUT2D eigenvalue weighted by Crippen LogP contribution is 2.25. The predicted octanol–water partition coefficient (Wildman–Crippen LogP) is 0.886. The summed E-state index contributed by atoms with van der Waals surface area (Å²) in [5, 5.41) is 8.07. The van der Waals surface area contributed by atoms with Gasteiger partial charge in [-0.3, -0.25) is 0 Å². The SMILES string of the molecule is NC1CCCn2nc(C3CCCCN3)nc21. The van der Waals surface area contributed by atoms with Crippen LogP contribution in [0.1, 0.15) is 55.8 Å². The van der Waals surface area contributed by atoms with E-state index in [2.05, 4.69) is 15.4 Å². The first-order valence-electron chi connectivity index (χ1n) is 6.28. The van der Waals surface area contributed by atoms with Crippen molar-refractivity contribution in [2.24, 2.45) is 5.73 Å². The van der Waals surface area contributed by atoms with Gasteiger partial charge in [0.15, 0.2) is 5.82 Å². The summed E-state index contributed by atoms with van der Waals surface area (Å²) in [6, 6.07) is 0.428. The van der Waals surface area contributed by atoms with Crippen LogP contribution in [-0.2, 0) is 6.54 Å². The van der Waals surface area contributed by atoms with Crippen LogP contribution in [0.5, 0.6) is 0 Å². The van der Waals surface area contributed by atoms with Crippen LogP contribution >= 0.6 is 0 Å². The molecular weight excluding hydrogens is 202 g/mol. The fourth-order valence-corrected chi connectivity index (χ4v) is 2.62. The van der Waals surface area contributed by atoms with Crippen molar-refractivity contribution >= 4 is 0 Å². The lowest BCUT2D eigenvalue weighted by molar-refractivity contribution is 0.391. The maximum atomic E-state index is 6.05. The molecule has 1 saturated heterocycles. The lowest BCUT2D eigenvalue weighted by atomic mass is 10.0. The second-order valence-electron chi connectivity index (χ2n) is 4.80. The molecule has 1 fully saturated rings. The van der Waals surface area contributed by atoms with Crippen LogP contribution < -0.4 is 11.1 Å². The van der Waals surface area contributed by atoms with Gasteiger partial charge < -0.3 is 11.1 Å². The van der Waals surface area contributed by atoms with Crippen LogP contribution in [0.2, 0.25) is 0 Å². The third-order valence-corrected chi connectivity index (χ3v) is 3.56. The number of nitrogens with zero attached hydrogens (tertiary/aromatic N) is 3. The van der Waals surface area contributed by atoms with Crippen molar-refractivity contribution in [1.29, 1.82) is 0 Å². The van der Waals surface area contributed by atoms with Crippen molar-refractivity contribution in [3.63, 3.8) is 0 Å². The van der Waals surface area contributed by atoms with E-state index >= 15 is 0 Å². The van der Waals surface area contributed by atoms with Crippen LogP contribution in [0, 0.1) is 0 Å². The molecule has 2 aliphatic heterocycles. The lowest BCUT2D eigenvalue weighted by Crippen LogP contribution is -2.27. The standard InChI is InChI=1S/C11H19N5/c12-8-4-3-7-16-11(8)14-10(15-16)9-5-1-2-6-13-9/h8-9,13H,1-7,12H2. The van der Waals surface area contributed by atoms with Gasteiger partial charge in [0.2, 0.25) is 0 Å². The molecule has 5 nitrogen and oxygen atoms in total. The van der Waals surface area contributed by atoms with Crippen LogP contribution in [0.4, 0.5) is 0 Å². The molecule has 88 valence electrons. The van der Waals surface area contributed by atoms with E-state index < -0.39 is 0 Å². The molecule has 5 heteroatoms. The van der Waals surface area contributed by atoms with Gasteiger partial charge >= 0.3 is 0 Å². The Labute approximate surface area is 95.4 Å². The third kappa shape index (κ3) is 1.74. The Morgan fingerprint density at radius 2 is 2.19 bits per heavy atom. The van der Waals surface area contributed by atoms with E-state index in [1.165, 1.54) is 12.8 Å². The van der Waals surface area contributed by atoms with Crippen LogP contribution in [0.25, 0.3) is 0 Å². The van der Waals surface area contributed by atoms with E-state index in [-0.39, 0.29) is 6.04 Å². The average Bonchev–Trinajstić information content (AvgIpc) is 2.76. The maximum Gasteiger partial charge on any atom is 0.167 e. The van der Waals surface area contributed by atoms with E-state index in [9.17, 15) is 0 Å². The summed E-state index contributed by atoms with van der Waals surface area (Å²) in [4.78, 5) is 4.62. The number of nitrogens with one attached hydrogen (secondary N) is 1. The van der Waals surface area contributed by atoms with Gasteiger partial charge in [-0.2, -0.15) is 5.10 Å². The van der Waals surface area contributed by atoms with Gasteiger partial charge in [0.05, 0.1) is 12.1 Å².